The van der Waals surface area contributed by atoms with Crippen LogP contribution in [0.5, 0.6) is 0 Å². The molecule has 4 rings (SSSR count). The summed E-state index contributed by atoms with van der Waals surface area (Å²) in [6.45, 7) is 4.71. The van der Waals surface area contributed by atoms with Crippen LogP contribution < -0.4 is 0 Å². The van der Waals surface area contributed by atoms with Gasteiger partial charge in [0.25, 0.3) is 10.0 Å². The normalized spacial score (nSPS) is 12.7. The van der Waals surface area contributed by atoms with Crippen molar-refractivity contribution in [3.8, 4) is 0 Å². The standard InChI is InChI=1S/C27H25NO4S/c1-18-13-15-22(16-14-18)33(31,32)28-17-24(23-11-7-8-12-25(23)28)27(21-9-5-4-6-10-21)26(19(2)29)20(3)30/h4-17,26-27H,1-3H3. The van der Waals surface area contributed by atoms with Crippen molar-refractivity contribution in [3.63, 3.8) is 0 Å². The fourth-order valence-electron chi connectivity index (χ4n) is 4.41. The molecular weight excluding hydrogens is 434 g/mol. The molecule has 1 atom stereocenters. The highest BCUT2D eigenvalue weighted by Gasteiger charge is 2.35. The van der Waals surface area contributed by atoms with E-state index in [0.717, 1.165) is 11.1 Å². The van der Waals surface area contributed by atoms with E-state index in [2.05, 4.69) is 0 Å². The van der Waals surface area contributed by atoms with Gasteiger partial charge in [-0.1, -0.05) is 66.2 Å². The fourth-order valence-corrected chi connectivity index (χ4v) is 5.79. The summed E-state index contributed by atoms with van der Waals surface area (Å²) in [5, 5.41) is 0.689. The first-order chi connectivity index (χ1) is 15.7. The van der Waals surface area contributed by atoms with E-state index in [4.69, 9.17) is 0 Å². The van der Waals surface area contributed by atoms with Gasteiger partial charge < -0.3 is 0 Å². The Morgan fingerprint density at radius 3 is 1.97 bits per heavy atom. The van der Waals surface area contributed by atoms with E-state index in [1.54, 1.807) is 42.6 Å². The lowest BCUT2D eigenvalue weighted by atomic mass is 9.77. The molecule has 1 aromatic heterocycles. The molecule has 168 valence electrons. The molecule has 33 heavy (non-hydrogen) atoms. The average molecular weight is 460 g/mol. The molecular formula is C27H25NO4S. The number of aromatic nitrogens is 1. The molecule has 0 N–H and O–H groups in total. The maximum absolute atomic E-state index is 13.6. The van der Waals surface area contributed by atoms with E-state index in [9.17, 15) is 18.0 Å². The number of Topliss-reactive ketones (excluding diaryl/α,β-unsaturated/α-hetero) is 2. The van der Waals surface area contributed by atoms with Gasteiger partial charge in [0, 0.05) is 17.5 Å². The van der Waals surface area contributed by atoms with Crippen molar-refractivity contribution in [2.24, 2.45) is 5.92 Å². The molecule has 6 heteroatoms. The first-order valence-corrected chi connectivity index (χ1v) is 12.1. The highest BCUT2D eigenvalue weighted by Crippen LogP contribution is 2.39. The quantitative estimate of drug-likeness (QED) is 0.360. The molecule has 1 unspecified atom stereocenters. The van der Waals surface area contributed by atoms with Gasteiger partial charge in [-0.15, -0.1) is 0 Å². The summed E-state index contributed by atoms with van der Waals surface area (Å²) in [5.41, 5.74) is 2.87. The highest BCUT2D eigenvalue weighted by molar-refractivity contribution is 7.90. The zero-order valence-electron chi connectivity index (χ0n) is 18.7. The molecule has 5 nitrogen and oxygen atoms in total. The second kappa shape index (κ2) is 8.79. The van der Waals surface area contributed by atoms with Gasteiger partial charge in [-0.3, -0.25) is 9.59 Å². The molecule has 0 saturated carbocycles. The highest BCUT2D eigenvalue weighted by atomic mass is 32.2. The number of para-hydroxylation sites is 1. The molecule has 0 spiro atoms. The Morgan fingerprint density at radius 1 is 0.788 bits per heavy atom. The number of carbonyl (C=O) groups is 2. The third kappa shape index (κ3) is 4.14. The molecule has 0 saturated heterocycles. The monoisotopic (exact) mass is 459 g/mol. The van der Waals surface area contributed by atoms with Crippen LogP contribution in [0.15, 0.2) is 90.0 Å². The summed E-state index contributed by atoms with van der Waals surface area (Å²) < 4.78 is 28.5. The molecule has 0 aliphatic rings. The Labute approximate surface area is 193 Å². The number of rotatable bonds is 7. The Kier molecular flexibility index (Phi) is 6.04. The Bertz CT molecular complexity index is 1420. The maximum Gasteiger partial charge on any atom is 0.268 e. The molecule has 0 amide bonds. The summed E-state index contributed by atoms with van der Waals surface area (Å²) in [7, 11) is -3.90. The number of carbonyl (C=O) groups excluding carboxylic acids is 2. The van der Waals surface area contributed by atoms with Crippen molar-refractivity contribution in [1.29, 1.82) is 0 Å². The molecule has 0 radical (unpaired) electrons. The molecule has 0 aliphatic carbocycles. The number of hydrogen-bond donors (Lipinski definition) is 0. The average Bonchev–Trinajstić information content (AvgIpc) is 3.18. The van der Waals surface area contributed by atoms with Gasteiger partial charge in [0.1, 0.15) is 11.6 Å². The van der Waals surface area contributed by atoms with E-state index in [1.807, 2.05) is 49.4 Å². The minimum absolute atomic E-state index is 0.173. The smallest absolute Gasteiger partial charge is 0.268 e. The van der Waals surface area contributed by atoms with E-state index in [0.29, 0.717) is 16.5 Å². The van der Waals surface area contributed by atoms with Crippen LogP contribution in [0.3, 0.4) is 0 Å². The molecule has 0 aliphatic heterocycles. The maximum atomic E-state index is 13.6. The van der Waals surface area contributed by atoms with Crippen LogP contribution >= 0.6 is 0 Å². The van der Waals surface area contributed by atoms with Crippen LogP contribution in [0, 0.1) is 12.8 Å². The van der Waals surface area contributed by atoms with Crippen LogP contribution in [0.25, 0.3) is 10.9 Å². The minimum atomic E-state index is -3.90. The zero-order chi connectivity index (χ0) is 23.8. The van der Waals surface area contributed by atoms with E-state index in [-0.39, 0.29) is 16.5 Å². The van der Waals surface area contributed by atoms with Crippen LogP contribution in [-0.4, -0.2) is 24.0 Å². The van der Waals surface area contributed by atoms with Gasteiger partial charge in [-0.2, -0.15) is 0 Å². The molecule has 0 fully saturated rings. The van der Waals surface area contributed by atoms with Crippen LogP contribution in [0.2, 0.25) is 0 Å². The van der Waals surface area contributed by atoms with Crippen LogP contribution in [0.4, 0.5) is 0 Å². The minimum Gasteiger partial charge on any atom is -0.299 e. The number of nitrogens with zero attached hydrogens (tertiary/aromatic N) is 1. The van der Waals surface area contributed by atoms with E-state index >= 15 is 0 Å². The van der Waals surface area contributed by atoms with Crippen molar-refractivity contribution in [2.75, 3.05) is 0 Å². The number of benzene rings is 3. The van der Waals surface area contributed by atoms with Gasteiger partial charge in [0.15, 0.2) is 0 Å². The third-order valence-corrected chi connectivity index (χ3v) is 7.68. The number of aryl methyl sites for hydroxylation is 1. The second-order valence-corrected chi connectivity index (χ2v) is 10.1. The van der Waals surface area contributed by atoms with Gasteiger partial charge in [0.2, 0.25) is 0 Å². The summed E-state index contributed by atoms with van der Waals surface area (Å²) in [6, 6.07) is 23.2. The van der Waals surface area contributed by atoms with Crippen molar-refractivity contribution in [3.05, 3.63) is 102 Å². The summed E-state index contributed by atoms with van der Waals surface area (Å²) >= 11 is 0. The van der Waals surface area contributed by atoms with Gasteiger partial charge in [-0.25, -0.2) is 12.4 Å². The van der Waals surface area contributed by atoms with Crippen molar-refractivity contribution in [2.45, 2.75) is 31.6 Å². The third-order valence-electron chi connectivity index (χ3n) is 5.99. The predicted molar refractivity (Wildman–Crippen MR) is 129 cm³/mol. The Hall–Kier alpha value is -3.51. The molecule has 1 heterocycles. The molecule has 3 aromatic carbocycles. The van der Waals surface area contributed by atoms with Crippen molar-refractivity contribution < 1.29 is 18.0 Å². The fraction of sp³-hybridized carbons (Fsp3) is 0.185. The van der Waals surface area contributed by atoms with Crippen molar-refractivity contribution >= 4 is 32.5 Å². The lowest BCUT2D eigenvalue weighted by Crippen LogP contribution is -2.27. The van der Waals surface area contributed by atoms with Gasteiger partial charge in [-0.05, 0) is 50.1 Å². The number of ketones is 2. The molecule has 4 aromatic rings. The van der Waals surface area contributed by atoms with Crippen LogP contribution in [-0.2, 0) is 19.6 Å². The zero-order valence-corrected chi connectivity index (χ0v) is 19.5. The second-order valence-electron chi connectivity index (χ2n) is 8.30. The largest absolute Gasteiger partial charge is 0.299 e. The Balaban J connectivity index is 2.02. The lowest BCUT2D eigenvalue weighted by molar-refractivity contribution is -0.130. The van der Waals surface area contributed by atoms with Gasteiger partial charge in [0.05, 0.1) is 16.3 Å². The summed E-state index contributed by atoms with van der Waals surface area (Å²) in [4.78, 5) is 25.4. The SMILES string of the molecule is CC(=O)C(C(C)=O)C(c1ccccc1)c1cn(S(=O)(=O)c2ccc(C)cc2)c2ccccc12. The van der Waals surface area contributed by atoms with E-state index < -0.39 is 21.9 Å². The van der Waals surface area contributed by atoms with Crippen molar-refractivity contribution in [1.82, 2.24) is 3.97 Å². The molecule has 0 bridgehead atoms. The lowest BCUT2D eigenvalue weighted by Gasteiger charge is -2.24. The van der Waals surface area contributed by atoms with E-state index in [1.165, 1.54) is 17.8 Å². The van der Waals surface area contributed by atoms with Gasteiger partial charge >= 0.3 is 0 Å². The topological polar surface area (TPSA) is 73.2 Å². The van der Waals surface area contributed by atoms with Crippen LogP contribution in [0.1, 0.15) is 36.5 Å². The Morgan fingerprint density at radius 2 is 1.36 bits per heavy atom. The number of hydrogen-bond acceptors (Lipinski definition) is 4. The predicted octanol–water partition coefficient (Wildman–Crippen LogP) is 5.11. The first-order valence-electron chi connectivity index (χ1n) is 10.7. The first kappa shape index (κ1) is 22.7. The number of fused-ring (bicyclic) bond motifs is 1. The summed E-state index contributed by atoms with van der Waals surface area (Å²) in [6.07, 6.45) is 1.57. The summed E-state index contributed by atoms with van der Waals surface area (Å²) in [5.74, 6) is -2.04.